The quantitative estimate of drug-likeness (QED) is 0.348. The molecule has 0 fully saturated rings. The first-order valence-corrected chi connectivity index (χ1v) is 9.78. The molecule has 1 aromatic heterocycles. The van der Waals surface area contributed by atoms with Crippen LogP contribution < -0.4 is 5.32 Å². The zero-order chi connectivity index (χ0) is 26.4. The maximum absolute atomic E-state index is 13.4. The van der Waals surface area contributed by atoms with Crippen LogP contribution in [0.2, 0.25) is 0 Å². The Kier molecular flexibility index (Phi) is 6.49. The van der Waals surface area contributed by atoms with Gasteiger partial charge in [-0.05, 0) is 31.2 Å². The van der Waals surface area contributed by atoms with Crippen LogP contribution in [0.1, 0.15) is 29.2 Å². The van der Waals surface area contributed by atoms with E-state index in [-0.39, 0.29) is 16.6 Å². The molecule has 0 saturated heterocycles. The van der Waals surface area contributed by atoms with Gasteiger partial charge >= 0.3 is 18.5 Å². The lowest BCUT2D eigenvalue weighted by Gasteiger charge is -2.24. The molecule has 0 saturated carbocycles. The molecule has 3 aromatic rings. The second-order valence-electron chi connectivity index (χ2n) is 7.59. The Hall–Kier alpha value is -3.41. The molecule has 1 atom stereocenters. The number of hydrogen-bond acceptors (Lipinski definition) is 4. The van der Waals surface area contributed by atoms with Gasteiger partial charge in [0, 0.05) is 5.56 Å². The van der Waals surface area contributed by atoms with Crippen LogP contribution in [-0.4, -0.2) is 25.5 Å². The molecule has 1 heterocycles. The smallest absolute Gasteiger partial charge is 0.357 e. The number of thiocarbonyl (C=S) groups is 1. The van der Waals surface area contributed by atoms with Crippen molar-refractivity contribution in [2.75, 3.05) is 0 Å². The van der Waals surface area contributed by atoms with Crippen molar-refractivity contribution in [3.8, 4) is 6.07 Å². The number of nitrogens with zero attached hydrogens (tertiary/aromatic N) is 4. The molecule has 5 nitrogen and oxygen atoms in total. The van der Waals surface area contributed by atoms with Crippen molar-refractivity contribution < 1.29 is 39.5 Å². The molecule has 0 amide bonds. The fourth-order valence-corrected chi connectivity index (χ4v) is 3.39. The predicted octanol–water partition coefficient (Wildman–Crippen LogP) is 5.74. The molecule has 0 spiro atoms. The highest BCUT2D eigenvalue weighted by molar-refractivity contribution is 7.80. The van der Waals surface area contributed by atoms with Crippen molar-refractivity contribution in [1.29, 1.82) is 5.26 Å². The van der Waals surface area contributed by atoms with Gasteiger partial charge in [0.2, 0.25) is 0 Å². The highest BCUT2D eigenvalue weighted by Gasteiger charge is 2.40. The van der Waals surface area contributed by atoms with Crippen LogP contribution in [0.25, 0.3) is 11.0 Å². The van der Waals surface area contributed by atoms with E-state index in [1.54, 1.807) is 6.07 Å². The SMILES string of the molecule is CC(C#N)(Cn1nc2cc(C(F)(F)F)cc(C(F)(F)F)c2n1)NC(=S)c1ccc(C(F)(F)F)cc1. The Morgan fingerprint density at radius 3 is 1.97 bits per heavy atom. The van der Waals surface area contributed by atoms with E-state index >= 15 is 0 Å². The summed E-state index contributed by atoms with van der Waals surface area (Å²) >= 11 is 5.11. The molecule has 3 rings (SSSR count). The summed E-state index contributed by atoms with van der Waals surface area (Å²) in [6.07, 6.45) is -14.8. The van der Waals surface area contributed by atoms with Crippen molar-refractivity contribution in [3.63, 3.8) is 0 Å². The summed E-state index contributed by atoms with van der Waals surface area (Å²) in [5.41, 5.74) is -7.29. The van der Waals surface area contributed by atoms with Gasteiger partial charge in [-0.1, -0.05) is 24.4 Å². The lowest BCUT2D eigenvalue weighted by molar-refractivity contribution is -0.142. The van der Waals surface area contributed by atoms with Crippen molar-refractivity contribution >= 4 is 28.2 Å². The molecule has 0 aliphatic rings. The molecular weight excluding hydrogens is 513 g/mol. The fourth-order valence-electron chi connectivity index (χ4n) is 3.03. The third kappa shape index (κ3) is 5.81. The highest BCUT2D eigenvalue weighted by atomic mass is 32.1. The molecule has 2 aromatic carbocycles. The summed E-state index contributed by atoms with van der Waals surface area (Å²) in [5.74, 6) is 0. The largest absolute Gasteiger partial charge is 0.418 e. The molecule has 186 valence electrons. The van der Waals surface area contributed by atoms with Gasteiger partial charge in [-0.2, -0.15) is 59.8 Å². The number of benzene rings is 2. The van der Waals surface area contributed by atoms with E-state index in [0.717, 1.165) is 24.3 Å². The molecule has 35 heavy (non-hydrogen) atoms. The normalized spacial score (nSPS) is 14.4. The van der Waals surface area contributed by atoms with Crippen LogP contribution in [0.4, 0.5) is 39.5 Å². The van der Waals surface area contributed by atoms with E-state index in [4.69, 9.17) is 12.2 Å². The molecule has 15 heteroatoms. The second kappa shape index (κ2) is 8.67. The number of hydrogen-bond donors (Lipinski definition) is 1. The van der Waals surface area contributed by atoms with Gasteiger partial charge in [0.15, 0.2) is 0 Å². The Bertz CT molecular complexity index is 1300. The summed E-state index contributed by atoms with van der Waals surface area (Å²) in [4.78, 5) is 0.459. The molecule has 0 aliphatic carbocycles. The second-order valence-corrected chi connectivity index (χ2v) is 8.00. The van der Waals surface area contributed by atoms with Crippen LogP contribution in [0.15, 0.2) is 36.4 Å². The van der Waals surface area contributed by atoms with Crippen molar-refractivity contribution in [1.82, 2.24) is 20.3 Å². The highest BCUT2D eigenvalue weighted by Crippen LogP contribution is 2.39. The number of alkyl halides is 9. The van der Waals surface area contributed by atoms with Crippen LogP contribution in [-0.2, 0) is 25.1 Å². The van der Waals surface area contributed by atoms with Gasteiger partial charge in [-0.25, -0.2) is 0 Å². The van der Waals surface area contributed by atoms with E-state index < -0.39 is 58.3 Å². The van der Waals surface area contributed by atoms with Crippen molar-refractivity contribution in [3.05, 3.63) is 58.7 Å². The van der Waals surface area contributed by atoms with Gasteiger partial charge in [-0.3, -0.25) is 0 Å². The molecule has 0 aliphatic heterocycles. The fraction of sp³-hybridized carbons (Fsp3) is 0.300. The first kappa shape index (κ1) is 26.2. The third-order valence-electron chi connectivity index (χ3n) is 4.73. The maximum atomic E-state index is 13.4. The van der Waals surface area contributed by atoms with Gasteiger partial charge in [-0.15, -0.1) is 0 Å². The van der Waals surface area contributed by atoms with E-state index in [9.17, 15) is 44.8 Å². The van der Waals surface area contributed by atoms with Crippen LogP contribution >= 0.6 is 12.2 Å². The number of rotatable bonds is 4. The zero-order valence-corrected chi connectivity index (χ0v) is 18.1. The van der Waals surface area contributed by atoms with Crippen molar-refractivity contribution in [2.45, 2.75) is 37.5 Å². The lowest BCUT2D eigenvalue weighted by Crippen LogP contribution is -2.48. The Morgan fingerprint density at radius 1 is 0.914 bits per heavy atom. The average Bonchev–Trinajstić information content (AvgIpc) is 3.12. The third-order valence-corrected chi connectivity index (χ3v) is 5.07. The van der Waals surface area contributed by atoms with Gasteiger partial charge < -0.3 is 5.32 Å². The molecule has 0 radical (unpaired) electrons. The lowest BCUT2D eigenvalue weighted by atomic mass is 10.0. The van der Waals surface area contributed by atoms with E-state index in [1.165, 1.54) is 6.92 Å². The van der Waals surface area contributed by atoms with E-state index in [1.807, 2.05) is 0 Å². The number of nitriles is 1. The van der Waals surface area contributed by atoms with Crippen LogP contribution in [0.3, 0.4) is 0 Å². The topological polar surface area (TPSA) is 66.5 Å². The summed E-state index contributed by atoms with van der Waals surface area (Å²) in [7, 11) is 0. The summed E-state index contributed by atoms with van der Waals surface area (Å²) in [6, 6.07) is 5.79. The van der Waals surface area contributed by atoms with Gasteiger partial charge in [0.05, 0.1) is 29.3 Å². The summed E-state index contributed by atoms with van der Waals surface area (Å²) in [6.45, 7) is 0.695. The minimum absolute atomic E-state index is 0.0805. The first-order chi connectivity index (χ1) is 15.9. The zero-order valence-electron chi connectivity index (χ0n) is 17.3. The standard InChI is InChI=1S/C20H12F9N5S/c1-17(8-30,31-16(35)10-2-4-11(5-3-10)18(21,22)23)9-34-32-14-7-12(19(24,25)26)6-13(15(14)33-34)20(27,28)29/h2-7H,9H2,1H3,(H,31,35). The minimum Gasteiger partial charge on any atom is -0.357 e. The molecule has 1 unspecified atom stereocenters. The first-order valence-electron chi connectivity index (χ1n) is 9.37. The molecular formula is C20H12F9N5S. The maximum Gasteiger partial charge on any atom is 0.418 e. The van der Waals surface area contributed by atoms with Crippen LogP contribution in [0.5, 0.6) is 0 Å². The van der Waals surface area contributed by atoms with Gasteiger partial charge in [0.25, 0.3) is 0 Å². The number of halogens is 9. The predicted molar refractivity (Wildman–Crippen MR) is 108 cm³/mol. The van der Waals surface area contributed by atoms with Crippen LogP contribution in [0, 0.1) is 11.3 Å². The summed E-state index contributed by atoms with van der Waals surface area (Å²) in [5, 5.41) is 19.4. The monoisotopic (exact) mass is 525 g/mol. The summed E-state index contributed by atoms with van der Waals surface area (Å²) < 4.78 is 117. The number of fused-ring (bicyclic) bond motifs is 1. The minimum atomic E-state index is -5.17. The van der Waals surface area contributed by atoms with Gasteiger partial charge in [0.1, 0.15) is 21.6 Å². The number of nitrogens with one attached hydrogen (secondary N) is 1. The van der Waals surface area contributed by atoms with Crippen molar-refractivity contribution in [2.24, 2.45) is 0 Å². The Morgan fingerprint density at radius 2 is 1.49 bits per heavy atom. The van der Waals surface area contributed by atoms with E-state index in [0.29, 0.717) is 10.9 Å². The average molecular weight is 525 g/mol. The Balaban J connectivity index is 1.92. The number of aromatic nitrogens is 3. The van der Waals surface area contributed by atoms with E-state index in [2.05, 4.69) is 15.5 Å². The Labute approximate surface area is 196 Å². The molecule has 0 bridgehead atoms. The molecule has 1 N–H and O–H groups in total.